The van der Waals surface area contributed by atoms with Crippen molar-refractivity contribution in [2.24, 2.45) is 5.92 Å². The van der Waals surface area contributed by atoms with E-state index in [2.05, 4.69) is 16.9 Å². The third-order valence-corrected chi connectivity index (χ3v) is 6.30. The molecule has 3 heterocycles. The van der Waals surface area contributed by atoms with Gasteiger partial charge in [0, 0.05) is 32.0 Å². The number of nitrogens with one attached hydrogen (secondary N) is 1. The molecule has 1 aromatic heterocycles. The molecule has 20 heavy (non-hydrogen) atoms. The van der Waals surface area contributed by atoms with Crippen molar-refractivity contribution in [3.05, 3.63) is 18.2 Å². The van der Waals surface area contributed by atoms with E-state index in [9.17, 15) is 8.42 Å². The van der Waals surface area contributed by atoms with Gasteiger partial charge in [0.05, 0.1) is 6.04 Å². The minimum Gasteiger partial charge on any atom is -0.347 e. The van der Waals surface area contributed by atoms with E-state index in [1.165, 1.54) is 0 Å². The zero-order valence-electron chi connectivity index (χ0n) is 11.8. The molecule has 7 heteroatoms. The number of imidazole rings is 1. The first-order valence-corrected chi connectivity index (χ1v) is 8.75. The second-order valence-electron chi connectivity index (χ2n) is 5.86. The summed E-state index contributed by atoms with van der Waals surface area (Å²) in [5.74, 6) is 1.21. The van der Waals surface area contributed by atoms with Gasteiger partial charge in [-0.05, 0) is 31.6 Å². The third kappa shape index (κ3) is 2.49. The van der Waals surface area contributed by atoms with Crippen molar-refractivity contribution < 1.29 is 8.42 Å². The number of hydrogen-bond donors (Lipinski definition) is 1. The Kier molecular flexibility index (Phi) is 3.83. The first-order chi connectivity index (χ1) is 9.59. The van der Waals surface area contributed by atoms with Crippen LogP contribution in [0.25, 0.3) is 0 Å². The maximum atomic E-state index is 12.8. The Bertz CT molecular complexity index is 543. The van der Waals surface area contributed by atoms with Crippen molar-refractivity contribution >= 4 is 10.2 Å². The summed E-state index contributed by atoms with van der Waals surface area (Å²) in [6.45, 7) is 4.01. The van der Waals surface area contributed by atoms with Crippen molar-refractivity contribution in [2.75, 3.05) is 19.6 Å². The summed E-state index contributed by atoms with van der Waals surface area (Å²) in [5.41, 5.74) is 0. The minimum absolute atomic E-state index is 0.132. The SMILES string of the molecule is C[C@H]1CCCN(S(=O)(=O)N2CCC[C@@H]2c2ncc[nH]2)C1. The van der Waals surface area contributed by atoms with Crippen LogP contribution in [0.3, 0.4) is 0 Å². The second kappa shape index (κ2) is 5.46. The van der Waals surface area contributed by atoms with Crippen LogP contribution in [0.2, 0.25) is 0 Å². The van der Waals surface area contributed by atoms with Gasteiger partial charge in [0.15, 0.2) is 0 Å². The number of piperidine rings is 1. The van der Waals surface area contributed by atoms with Crippen LogP contribution in [0, 0.1) is 5.92 Å². The molecule has 112 valence electrons. The lowest BCUT2D eigenvalue weighted by Crippen LogP contribution is -2.47. The molecule has 0 radical (unpaired) electrons. The zero-order valence-corrected chi connectivity index (χ0v) is 12.6. The van der Waals surface area contributed by atoms with Crippen LogP contribution in [-0.4, -0.2) is 46.6 Å². The zero-order chi connectivity index (χ0) is 14.2. The molecule has 1 N–H and O–H groups in total. The third-order valence-electron chi connectivity index (χ3n) is 4.28. The van der Waals surface area contributed by atoms with Gasteiger partial charge in [-0.2, -0.15) is 17.0 Å². The highest BCUT2D eigenvalue weighted by molar-refractivity contribution is 7.86. The van der Waals surface area contributed by atoms with Crippen molar-refractivity contribution in [3.63, 3.8) is 0 Å². The van der Waals surface area contributed by atoms with E-state index in [-0.39, 0.29) is 6.04 Å². The van der Waals surface area contributed by atoms with E-state index in [1.54, 1.807) is 21.0 Å². The number of nitrogens with zero attached hydrogens (tertiary/aromatic N) is 3. The molecule has 2 aliphatic rings. The predicted octanol–water partition coefficient (Wildman–Crippen LogP) is 1.52. The van der Waals surface area contributed by atoms with Gasteiger partial charge in [-0.15, -0.1) is 0 Å². The highest BCUT2D eigenvalue weighted by Crippen LogP contribution is 2.34. The molecule has 3 rings (SSSR count). The van der Waals surface area contributed by atoms with Crippen LogP contribution in [0.5, 0.6) is 0 Å². The molecule has 0 aromatic carbocycles. The Morgan fingerprint density at radius 3 is 2.80 bits per heavy atom. The normalized spacial score (nSPS) is 29.9. The number of hydrogen-bond acceptors (Lipinski definition) is 3. The Morgan fingerprint density at radius 1 is 1.30 bits per heavy atom. The van der Waals surface area contributed by atoms with Gasteiger partial charge in [0.2, 0.25) is 0 Å². The molecule has 2 saturated heterocycles. The fourth-order valence-corrected chi connectivity index (χ4v) is 5.24. The van der Waals surface area contributed by atoms with Crippen molar-refractivity contribution in [3.8, 4) is 0 Å². The van der Waals surface area contributed by atoms with Crippen LogP contribution >= 0.6 is 0 Å². The summed E-state index contributed by atoms with van der Waals surface area (Å²) in [4.78, 5) is 7.30. The van der Waals surface area contributed by atoms with Crippen molar-refractivity contribution in [2.45, 2.75) is 38.6 Å². The summed E-state index contributed by atoms with van der Waals surface area (Å²) in [6.07, 6.45) is 7.25. The van der Waals surface area contributed by atoms with Crippen molar-refractivity contribution in [1.82, 2.24) is 18.6 Å². The Hall–Kier alpha value is -0.920. The second-order valence-corrected chi connectivity index (χ2v) is 7.74. The maximum absolute atomic E-state index is 12.8. The largest absolute Gasteiger partial charge is 0.347 e. The molecule has 6 nitrogen and oxygen atoms in total. The number of rotatable bonds is 3. The predicted molar refractivity (Wildman–Crippen MR) is 76.2 cm³/mol. The lowest BCUT2D eigenvalue weighted by Gasteiger charge is -2.34. The monoisotopic (exact) mass is 298 g/mol. The topological polar surface area (TPSA) is 69.3 Å². The van der Waals surface area contributed by atoms with Gasteiger partial charge in [0.25, 0.3) is 10.2 Å². The lowest BCUT2D eigenvalue weighted by atomic mass is 10.0. The van der Waals surface area contributed by atoms with Gasteiger partial charge in [0.1, 0.15) is 5.82 Å². The fourth-order valence-electron chi connectivity index (χ4n) is 3.25. The average molecular weight is 298 g/mol. The first-order valence-electron chi connectivity index (χ1n) is 7.35. The van der Waals surface area contributed by atoms with E-state index in [0.717, 1.165) is 31.5 Å². The minimum atomic E-state index is -3.36. The fraction of sp³-hybridized carbons (Fsp3) is 0.769. The number of H-pyrrole nitrogens is 1. The van der Waals surface area contributed by atoms with Gasteiger partial charge in [-0.25, -0.2) is 4.98 Å². The molecule has 2 atom stereocenters. The highest BCUT2D eigenvalue weighted by Gasteiger charge is 2.40. The molecule has 2 aliphatic heterocycles. The quantitative estimate of drug-likeness (QED) is 0.920. The molecule has 2 fully saturated rings. The average Bonchev–Trinajstić information content (AvgIpc) is 3.09. The molecule has 0 amide bonds. The smallest absolute Gasteiger partial charge is 0.282 e. The molecule has 0 bridgehead atoms. The first kappa shape index (κ1) is 14.0. The summed E-state index contributed by atoms with van der Waals surface area (Å²) >= 11 is 0. The lowest BCUT2D eigenvalue weighted by molar-refractivity contribution is 0.252. The van der Waals surface area contributed by atoms with Gasteiger partial charge >= 0.3 is 0 Å². The van der Waals surface area contributed by atoms with Gasteiger partial charge < -0.3 is 4.98 Å². The van der Waals surface area contributed by atoms with E-state index >= 15 is 0 Å². The molecule has 0 spiro atoms. The Labute approximate surface area is 120 Å². The summed E-state index contributed by atoms with van der Waals surface area (Å²) < 4.78 is 29.0. The highest BCUT2D eigenvalue weighted by atomic mass is 32.2. The summed E-state index contributed by atoms with van der Waals surface area (Å²) in [6, 6.07) is -0.132. The van der Waals surface area contributed by atoms with Crippen LogP contribution in [0.1, 0.15) is 44.5 Å². The van der Waals surface area contributed by atoms with E-state index in [4.69, 9.17) is 0 Å². The van der Waals surface area contributed by atoms with Crippen LogP contribution in [-0.2, 0) is 10.2 Å². The van der Waals surface area contributed by atoms with Gasteiger partial charge in [-0.3, -0.25) is 0 Å². The molecular formula is C13H22N4O2S. The van der Waals surface area contributed by atoms with E-state index in [1.807, 2.05) is 0 Å². The molecule has 0 aliphatic carbocycles. The van der Waals surface area contributed by atoms with Crippen LogP contribution in [0.4, 0.5) is 0 Å². The molecular weight excluding hydrogens is 276 g/mol. The van der Waals surface area contributed by atoms with Crippen LogP contribution < -0.4 is 0 Å². The van der Waals surface area contributed by atoms with E-state index < -0.39 is 10.2 Å². The number of aromatic nitrogens is 2. The standard InChI is InChI=1S/C13H22N4O2S/c1-11-4-2-8-16(10-11)20(18,19)17-9-3-5-12(17)13-14-6-7-15-13/h6-7,11-12H,2-5,8-10H2,1H3,(H,14,15)/t11-,12+/m0/s1. The Balaban J connectivity index is 1.83. The summed E-state index contributed by atoms with van der Waals surface area (Å²) in [5, 5.41) is 0. The molecule has 0 saturated carbocycles. The number of aromatic amines is 1. The van der Waals surface area contributed by atoms with Crippen LogP contribution in [0.15, 0.2) is 12.4 Å². The van der Waals surface area contributed by atoms with E-state index in [0.29, 0.717) is 25.6 Å². The maximum Gasteiger partial charge on any atom is 0.282 e. The van der Waals surface area contributed by atoms with Crippen molar-refractivity contribution in [1.29, 1.82) is 0 Å². The summed E-state index contributed by atoms with van der Waals surface area (Å²) in [7, 11) is -3.36. The molecule has 1 aromatic rings. The molecule has 0 unspecified atom stereocenters. The Morgan fingerprint density at radius 2 is 2.10 bits per heavy atom. The van der Waals surface area contributed by atoms with Gasteiger partial charge in [-0.1, -0.05) is 6.92 Å².